The van der Waals surface area contributed by atoms with Gasteiger partial charge in [-0.05, 0) is 30.0 Å². The molecular weight excluding hydrogens is 216 g/mol. The van der Waals surface area contributed by atoms with E-state index in [4.69, 9.17) is 5.73 Å². The van der Waals surface area contributed by atoms with Gasteiger partial charge in [0.15, 0.2) is 0 Å². The lowest BCUT2D eigenvalue weighted by atomic mass is 9.90. The van der Waals surface area contributed by atoms with Crippen LogP contribution in [0.15, 0.2) is 24.3 Å². The van der Waals surface area contributed by atoms with E-state index in [1.807, 2.05) is 16.8 Å². The number of nitrogens with two attached hydrogens (primary N) is 1. The summed E-state index contributed by atoms with van der Waals surface area (Å²) in [6.45, 7) is 0.852. The molecule has 5 nitrogen and oxygen atoms in total. The van der Waals surface area contributed by atoms with Crippen LogP contribution in [-0.4, -0.2) is 19.9 Å². The van der Waals surface area contributed by atoms with Gasteiger partial charge in [-0.15, -0.1) is 5.10 Å². The third-order valence-corrected chi connectivity index (χ3v) is 3.25. The lowest BCUT2D eigenvalue weighted by Crippen LogP contribution is -2.19. The van der Waals surface area contributed by atoms with E-state index in [2.05, 4.69) is 10.1 Å². The number of benzene rings is 1. The number of aromatic hydroxyl groups is 1. The van der Waals surface area contributed by atoms with Gasteiger partial charge < -0.3 is 10.8 Å². The molecule has 1 unspecified atom stereocenters. The summed E-state index contributed by atoms with van der Waals surface area (Å²) in [6.07, 6.45) is 1.88. The highest BCUT2D eigenvalue weighted by atomic mass is 16.3. The SMILES string of the molecule is Nc1nc2n(n1)CCC(c1ccc(O)cc1)C2. The zero-order chi connectivity index (χ0) is 11.8. The molecule has 3 N–H and O–H groups in total. The van der Waals surface area contributed by atoms with Crippen molar-refractivity contribution in [3.05, 3.63) is 35.7 Å². The predicted molar refractivity (Wildman–Crippen MR) is 63.6 cm³/mol. The second-order valence-electron chi connectivity index (χ2n) is 4.39. The van der Waals surface area contributed by atoms with Gasteiger partial charge in [-0.1, -0.05) is 12.1 Å². The highest BCUT2D eigenvalue weighted by molar-refractivity contribution is 5.29. The van der Waals surface area contributed by atoms with Crippen LogP contribution in [-0.2, 0) is 13.0 Å². The van der Waals surface area contributed by atoms with Crippen molar-refractivity contribution in [3.8, 4) is 5.75 Å². The van der Waals surface area contributed by atoms with Crippen molar-refractivity contribution in [3.63, 3.8) is 0 Å². The first-order valence-corrected chi connectivity index (χ1v) is 5.70. The second kappa shape index (κ2) is 3.76. The minimum atomic E-state index is 0.303. The number of nitrogen functional groups attached to an aromatic ring is 1. The lowest BCUT2D eigenvalue weighted by molar-refractivity contribution is 0.433. The molecule has 2 aromatic rings. The Labute approximate surface area is 98.9 Å². The van der Waals surface area contributed by atoms with E-state index in [0.29, 0.717) is 17.6 Å². The molecule has 0 saturated heterocycles. The topological polar surface area (TPSA) is 77.0 Å². The van der Waals surface area contributed by atoms with Gasteiger partial charge in [0, 0.05) is 13.0 Å². The minimum absolute atomic E-state index is 0.303. The van der Waals surface area contributed by atoms with Crippen molar-refractivity contribution < 1.29 is 5.11 Å². The Morgan fingerprint density at radius 1 is 1.29 bits per heavy atom. The Kier molecular flexibility index (Phi) is 2.24. The number of phenolic OH excluding ortho intramolecular Hbond substituents is 1. The van der Waals surface area contributed by atoms with Crippen LogP contribution in [0.4, 0.5) is 5.95 Å². The van der Waals surface area contributed by atoms with Gasteiger partial charge >= 0.3 is 0 Å². The smallest absolute Gasteiger partial charge is 0.239 e. The van der Waals surface area contributed by atoms with Crippen LogP contribution in [0, 0.1) is 0 Å². The normalized spacial score (nSPS) is 18.9. The fourth-order valence-corrected chi connectivity index (χ4v) is 2.36. The monoisotopic (exact) mass is 230 g/mol. The minimum Gasteiger partial charge on any atom is -0.508 e. The third-order valence-electron chi connectivity index (χ3n) is 3.25. The fraction of sp³-hybridized carbons (Fsp3) is 0.333. The number of hydrogen-bond acceptors (Lipinski definition) is 4. The lowest BCUT2D eigenvalue weighted by Gasteiger charge is -2.22. The van der Waals surface area contributed by atoms with Crippen molar-refractivity contribution in [1.29, 1.82) is 0 Å². The molecule has 0 fully saturated rings. The summed E-state index contributed by atoms with van der Waals surface area (Å²) in [5, 5.41) is 13.4. The van der Waals surface area contributed by atoms with Crippen LogP contribution in [0.5, 0.6) is 5.75 Å². The largest absolute Gasteiger partial charge is 0.508 e. The molecular formula is C12H14N4O. The summed E-state index contributed by atoms with van der Waals surface area (Å²) < 4.78 is 1.88. The van der Waals surface area contributed by atoms with E-state index in [0.717, 1.165) is 25.2 Å². The number of hydrogen-bond donors (Lipinski definition) is 2. The predicted octanol–water partition coefficient (Wildman–Crippen LogP) is 1.30. The number of fused-ring (bicyclic) bond motifs is 1. The Hall–Kier alpha value is -2.04. The van der Waals surface area contributed by atoms with Crippen molar-refractivity contribution in [2.75, 3.05) is 5.73 Å². The molecule has 1 aromatic heterocycles. The third kappa shape index (κ3) is 1.84. The van der Waals surface area contributed by atoms with Gasteiger partial charge in [0.25, 0.3) is 0 Å². The van der Waals surface area contributed by atoms with E-state index < -0.39 is 0 Å². The number of phenols is 1. The molecule has 0 bridgehead atoms. The van der Waals surface area contributed by atoms with Gasteiger partial charge in [-0.3, -0.25) is 0 Å². The summed E-state index contributed by atoms with van der Waals surface area (Å²) in [6, 6.07) is 7.39. The summed E-state index contributed by atoms with van der Waals surface area (Å²) in [7, 11) is 0. The van der Waals surface area contributed by atoms with Crippen LogP contribution >= 0.6 is 0 Å². The van der Waals surface area contributed by atoms with Crippen LogP contribution in [0.2, 0.25) is 0 Å². The molecule has 3 rings (SSSR count). The highest BCUT2D eigenvalue weighted by Gasteiger charge is 2.22. The summed E-state index contributed by atoms with van der Waals surface area (Å²) in [5.74, 6) is 2.04. The molecule has 1 aliphatic rings. The number of rotatable bonds is 1. The zero-order valence-corrected chi connectivity index (χ0v) is 9.37. The quantitative estimate of drug-likeness (QED) is 0.774. The molecule has 0 radical (unpaired) electrons. The van der Waals surface area contributed by atoms with Crippen LogP contribution < -0.4 is 5.73 Å². The van der Waals surface area contributed by atoms with Gasteiger partial charge in [0.05, 0.1) is 0 Å². The van der Waals surface area contributed by atoms with Crippen LogP contribution in [0.1, 0.15) is 23.7 Å². The van der Waals surface area contributed by atoms with Crippen molar-refractivity contribution in [2.24, 2.45) is 0 Å². The van der Waals surface area contributed by atoms with Gasteiger partial charge in [0.2, 0.25) is 5.95 Å². The maximum absolute atomic E-state index is 9.27. The molecule has 1 aliphatic heterocycles. The van der Waals surface area contributed by atoms with Crippen molar-refractivity contribution in [1.82, 2.24) is 14.8 Å². The Morgan fingerprint density at radius 3 is 2.82 bits per heavy atom. The first-order chi connectivity index (χ1) is 8.22. The molecule has 2 heterocycles. The summed E-state index contributed by atoms with van der Waals surface area (Å²) in [4.78, 5) is 4.22. The summed E-state index contributed by atoms with van der Waals surface area (Å²) >= 11 is 0. The van der Waals surface area contributed by atoms with Crippen molar-refractivity contribution >= 4 is 5.95 Å². The van der Waals surface area contributed by atoms with Gasteiger partial charge in [0.1, 0.15) is 11.6 Å². The van der Waals surface area contributed by atoms with Crippen LogP contribution in [0.3, 0.4) is 0 Å². The molecule has 0 amide bonds. The zero-order valence-electron chi connectivity index (χ0n) is 9.37. The Bertz CT molecular complexity index is 532. The number of aryl methyl sites for hydroxylation is 1. The number of nitrogens with zero attached hydrogens (tertiary/aromatic N) is 3. The first kappa shape index (κ1) is 10.1. The summed E-state index contributed by atoms with van der Waals surface area (Å²) in [5.41, 5.74) is 6.82. The first-order valence-electron chi connectivity index (χ1n) is 5.70. The van der Waals surface area contributed by atoms with Gasteiger partial charge in [-0.25, -0.2) is 4.68 Å². The maximum atomic E-state index is 9.27. The molecule has 0 saturated carbocycles. The van der Waals surface area contributed by atoms with E-state index in [1.165, 1.54) is 5.56 Å². The molecule has 0 spiro atoms. The molecule has 0 aliphatic carbocycles. The number of aromatic nitrogens is 3. The fourth-order valence-electron chi connectivity index (χ4n) is 2.36. The second-order valence-corrected chi connectivity index (χ2v) is 4.39. The molecule has 5 heteroatoms. The van der Waals surface area contributed by atoms with Crippen molar-refractivity contribution in [2.45, 2.75) is 25.3 Å². The Morgan fingerprint density at radius 2 is 2.06 bits per heavy atom. The van der Waals surface area contributed by atoms with E-state index in [9.17, 15) is 5.11 Å². The average Bonchev–Trinajstić information content (AvgIpc) is 2.69. The standard InChI is InChI=1S/C12H14N4O/c13-12-14-11-7-9(5-6-16(11)15-12)8-1-3-10(17)4-2-8/h1-4,9,17H,5-7H2,(H2,13,15). The Balaban J connectivity index is 1.86. The molecule has 17 heavy (non-hydrogen) atoms. The van der Waals surface area contributed by atoms with Crippen LogP contribution in [0.25, 0.3) is 0 Å². The van der Waals surface area contributed by atoms with Gasteiger partial charge in [-0.2, -0.15) is 4.98 Å². The molecule has 1 atom stereocenters. The molecule has 1 aromatic carbocycles. The van der Waals surface area contributed by atoms with E-state index in [-0.39, 0.29) is 0 Å². The maximum Gasteiger partial charge on any atom is 0.239 e. The highest BCUT2D eigenvalue weighted by Crippen LogP contribution is 2.29. The average molecular weight is 230 g/mol. The number of anilines is 1. The van der Waals surface area contributed by atoms with E-state index >= 15 is 0 Å². The molecule has 88 valence electrons. The van der Waals surface area contributed by atoms with E-state index in [1.54, 1.807) is 12.1 Å².